The first kappa shape index (κ1) is 5.41. The molecule has 0 atom stereocenters. The van der Waals surface area contributed by atoms with E-state index in [1.54, 1.807) is 0 Å². The van der Waals surface area contributed by atoms with E-state index in [0.717, 1.165) is 19.5 Å². The van der Waals surface area contributed by atoms with Crippen molar-refractivity contribution < 1.29 is 4.68 Å². The van der Waals surface area contributed by atoms with Gasteiger partial charge < -0.3 is 0 Å². The molecule has 8 heavy (non-hydrogen) atoms. The standard InChI is InChI=1S/C5H10N3/c1-2-4-8-5-3-6-7-8/h5H,2-4H2,1H3/q+1. The molecule has 0 fully saturated rings. The summed E-state index contributed by atoms with van der Waals surface area (Å²) in [5.74, 6) is 0. The van der Waals surface area contributed by atoms with Gasteiger partial charge in [0.05, 0.1) is 0 Å². The van der Waals surface area contributed by atoms with E-state index in [1.165, 1.54) is 0 Å². The van der Waals surface area contributed by atoms with Crippen LogP contribution in [0.2, 0.25) is 0 Å². The molecule has 0 radical (unpaired) electrons. The van der Waals surface area contributed by atoms with Crippen LogP contribution >= 0.6 is 0 Å². The minimum absolute atomic E-state index is 0.764. The molecule has 44 valence electrons. The first-order valence-electron chi connectivity index (χ1n) is 2.91. The lowest BCUT2D eigenvalue weighted by atomic mass is 10.5. The summed E-state index contributed by atoms with van der Waals surface area (Å²) in [4.78, 5) is 0. The molecular weight excluding hydrogens is 102 g/mol. The van der Waals surface area contributed by atoms with Crippen molar-refractivity contribution in [3.8, 4) is 0 Å². The molecule has 0 aliphatic carbocycles. The molecule has 0 saturated carbocycles. The van der Waals surface area contributed by atoms with Gasteiger partial charge in [0.25, 0.3) is 0 Å². The molecule has 3 nitrogen and oxygen atoms in total. The van der Waals surface area contributed by atoms with Crippen molar-refractivity contribution in [1.82, 2.24) is 0 Å². The average molecular weight is 112 g/mol. The SMILES string of the molecule is CCC[N+]1=CCN=N1. The number of nitrogens with zero attached hydrogens (tertiary/aromatic N) is 3. The van der Waals surface area contributed by atoms with Crippen LogP contribution in [0.15, 0.2) is 10.3 Å². The van der Waals surface area contributed by atoms with Gasteiger partial charge in [0.2, 0.25) is 6.54 Å². The van der Waals surface area contributed by atoms with Crippen LogP contribution in [0.3, 0.4) is 0 Å². The summed E-state index contributed by atoms with van der Waals surface area (Å²) < 4.78 is 1.88. The maximum atomic E-state index is 3.83. The van der Waals surface area contributed by atoms with E-state index >= 15 is 0 Å². The second-order valence-electron chi connectivity index (χ2n) is 1.76. The minimum Gasteiger partial charge on any atom is -0.138 e. The lowest BCUT2D eigenvalue weighted by Crippen LogP contribution is -2.02. The van der Waals surface area contributed by atoms with Crippen molar-refractivity contribution in [2.24, 2.45) is 10.3 Å². The fraction of sp³-hybridized carbons (Fsp3) is 0.800. The maximum absolute atomic E-state index is 3.83. The van der Waals surface area contributed by atoms with Crippen LogP contribution < -0.4 is 0 Å². The van der Waals surface area contributed by atoms with Gasteiger partial charge in [-0.2, -0.15) is 0 Å². The van der Waals surface area contributed by atoms with E-state index in [0.29, 0.717) is 0 Å². The van der Waals surface area contributed by atoms with Gasteiger partial charge in [0.1, 0.15) is 18.0 Å². The summed E-state index contributed by atoms with van der Waals surface area (Å²) in [5, 5.41) is 7.61. The summed E-state index contributed by atoms with van der Waals surface area (Å²) >= 11 is 0. The fourth-order valence-corrected chi connectivity index (χ4v) is 0.650. The van der Waals surface area contributed by atoms with E-state index in [1.807, 2.05) is 10.9 Å². The van der Waals surface area contributed by atoms with Crippen LogP contribution in [0.5, 0.6) is 0 Å². The molecule has 0 spiro atoms. The van der Waals surface area contributed by atoms with Crippen LogP contribution in [0.4, 0.5) is 0 Å². The summed E-state index contributed by atoms with van der Waals surface area (Å²) in [7, 11) is 0. The predicted octanol–water partition coefficient (Wildman–Crippen LogP) is 0.860. The Morgan fingerprint density at radius 1 is 1.75 bits per heavy atom. The zero-order valence-corrected chi connectivity index (χ0v) is 5.04. The lowest BCUT2D eigenvalue weighted by molar-refractivity contribution is -0.531. The highest BCUT2D eigenvalue weighted by molar-refractivity contribution is 5.54. The van der Waals surface area contributed by atoms with Crippen LogP contribution in [-0.2, 0) is 0 Å². The first-order valence-corrected chi connectivity index (χ1v) is 2.91. The third-order valence-electron chi connectivity index (χ3n) is 1.00. The molecule has 1 heterocycles. The zero-order valence-electron chi connectivity index (χ0n) is 5.04. The predicted molar refractivity (Wildman–Crippen MR) is 31.2 cm³/mol. The monoisotopic (exact) mass is 112 g/mol. The quantitative estimate of drug-likeness (QED) is 0.474. The highest BCUT2D eigenvalue weighted by Crippen LogP contribution is 1.88. The highest BCUT2D eigenvalue weighted by Gasteiger charge is 2.03. The van der Waals surface area contributed by atoms with Crippen LogP contribution in [0.1, 0.15) is 13.3 Å². The Kier molecular flexibility index (Phi) is 1.72. The van der Waals surface area contributed by atoms with Crippen LogP contribution in [0.25, 0.3) is 0 Å². The lowest BCUT2D eigenvalue weighted by Gasteiger charge is -1.85. The Labute approximate surface area is 48.7 Å². The number of rotatable bonds is 2. The van der Waals surface area contributed by atoms with Crippen molar-refractivity contribution in [2.75, 3.05) is 13.1 Å². The molecule has 0 saturated heterocycles. The summed E-state index contributed by atoms with van der Waals surface area (Å²) in [5.41, 5.74) is 0. The van der Waals surface area contributed by atoms with Gasteiger partial charge in [-0.3, -0.25) is 0 Å². The van der Waals surface area contributed by atoms with Gasteiger partial charge >= 0.3 is 0 Å². The number of hydrogen-bond donors (Lipinski definition) is 0. The second-order valence-corrected chi connectivity index (χ2v) is 1.76. The number of hydrogen-bond acceptors (Lipinski definition) is 2. The van der Waals surface area contributed by atoms with E-state index in [2.05, 4.69) is 17.3 Å². The summed E-state index contributed by atoms with van der Waals surface area (Å²) in [6, 6.07) is 0. The van der Waals surface area contributed by atoms with Gasteiger partial charge in [-0.05, 0) is 6.42 Å². The first-order chi connectivity index (χ1) is 3.93. The van der Waals surface area contributed by atoms with E-state index < -0.39 is 0 Å². The third-order valence-corrected chi connectivity index (χ3v) is 1.00. The van der Waals surface area contributed by atoms with Gasteiger partial charge in [-0.1, -0.05) is 6.92 Å². The molecule has 1 aliphatic rings. The minimum atomic E-state index is 0.764. The summed E-state index contributed by atoms with van der Waals surface area (Å²) in [6.45, 7) is 3.89. The van der Waals surface area contributed by atoms with Crippen molar-refractivity contribution in [3.63, 3.8) is 0 Å². The molecule has 0 aromatic rings. The van der Waals surface area contributed by atoms with Gasteiger partial charge in [-0.15, -0.1) is 4.68 Å². The molecule has 0 aromatic carbocycles. The molecule has 1 aliphatic heterocycles. The van der Waals surface area contributed by atoms with Crippen molar-refractivity contribution in [2.45, 2.75) is 13.3 Å². The average Bonchev–Trinajstić information content (AvgIpc) is 2.19. The highest BCUT2D eigenvalue weighted by atomic mass is 15.5. The molecular formula is C5H10N3+. The van der Waals surface area contributed by atoms with Gasteiger partial charge in [0.15, 0.2) is 0 Å². The Morgan fingerprint density at radius 3 is 3.12 bits per heavy atom. The van der Waals surface area contributed by atoms with Crippen LogP contribution in [0, 0.1) is 0 Å². The Bertz CT molecular complexity index is 126. The van der Waals surface area contributed by atoms with Crippen molar-refractivity contribution in [1.29, 1.82) is 0 Å². The van der Waals surface area contributed by atoms with Crippen molar-refractivity contribution >= 4 is 6.21 Å². The fourth-order valence-electron chi connectivity index (χ4n) is 0.650. The second kappa shape index (κ2) is 2.55. The van der Waals surface area contributed by atoms with Gasteiger partial charge in [-0.25, -0.2) is 0 Å². The Hall–Kier alpha value is -0.730. The van der Waals surface area contributed by atoms with E-state index in [9.17, 15) is 0 Å². The molecule has 0 amide bonds. The third kappa shape index (κ3) is 1.12. The molecule has 3 heteroatoms. The Balaban J connectivity index is 2.34. The van der Waals surface area contributed by atoms with E-state index in [4.69, 9.17) is 0 Å². The largest absolute Gasteiger partial charge is 0.212 e. The summed E-state index contributed by atoms with van der Waals surface area (Å²) in [6.07, 6.45) is 3.12. The molecule has 1 rings (SSSR count). The van der Waals surface area contributed by atoms with Gasteiger partial charge in [0, 0.05) is 5.11 Å². The molecule has 0 N–H and O–H groups in total. The maximum Gasteiger partial charge on any atom is 0.212 e. The molecule has 0 bridgehead atoms. The van der Waals surface area contributed by atoms with E-state index in [-0.39, 0.29) is 0 Å². The zero-order chi connectivity index (χ0) is 5.82. The van der Waals surface area contributed by atoms with Crippen LogP contribution in [-0.4, -0.2) is 24.0 Å². The molecule has 0 unspecified atom stereocenters. The van der Waals surface area contributed by atoms with Crippen molar-refractivity contribution in [3.05, 3.63) is 0 Å². The molecule has 0 aromatic heterocycles. The smallest absolute Gasteiger partial charge is 0.138 e. The Morgan fingerprint density at radius 2 is 2.62 bits per heavy atom. The normalized spacial score (nSPS) is 16.9. The topological polar surface area (TPSA) is 27.7 Å².